The number of rotatable bonds is 7. The molecular weight excluding hydrogens is 188 g/mol. The molecule has 0 aliphatic heterocycles. The molecule has 88 valence electrons. The van der Waals surface area contributed by atoms with Gasteiger partial charge >= 0.3 is 0 Å². The first-order valence-electron chi connectivity index (χ1n) is 5.94. The number of hydrogen-bond acceptors (Lipinski definition) is 3. The third kappa shape index (κ3) is 3.59. The highest BCUT2D eigenvalue weighted by molar-refractivity contribution is 5.03. The Kier molecular flexibility index (Phi) is 5.29. The van der Waals surface area contributed by atoms with E-state index in [0.29, 0.717) is 12.6 Å². The topological polar surface area (TPSA) is 47.3 Å². The zero-order valence-electron chi connectivity index (χ0n) is 9.96. The first-order chi connectivity index (χ1) is 7.26. The maximum absolute atomic E-state index is 5.81. The largest absolute Gasteiger partial charge is 0.378 e. The lowest BCUT2D eigenvalue weighted by atomic mass is 9.74. The summed E-state index contributed by atoms with van der Waals surface area (Å²) in [5, 5.41) is 3.55. The summed E-state index contributed by atoms with van der Waals surface area (Å²) in [6.45, 7) is 6.63. The van der Waals surface area contributed by atoms with Crippen molar-refractivity contribution in [1.82, 2.24) is 5.32 Å². The SMILES string of the molecule is C/C=C/CCNC1(CN)CC(OCC)C1. The van der Waals surface area contributed by atoms with Gasteiger partial charge < -0.3 is 15.8 Å². The van der Waals surface area contributed by atoms with Crippen LogP contribution in [0.4, 0.5) is 0 Å². The van der Waals surface area contributed by atoms with E-state index >= 15 is 0 Å². The fourth-order valence-corrected chi connectivity index (χ4v) is 2.14. The summed E-state index contributed by atoms with van der Waals surface area (Å²) >= 11 is 0. The molecule has 15 heavy (non-hydrogen) atoms. The molecule has 0 spiro atoms. The average Bonchev–Trinajstić information content (AvgIpc) is 2.20. The summed E-state index contributed by atoms with van der Waals surface area (Å²) in [7, 11) is 0. The minimum Gasteiger partial charge on any atom is -0.378 e. The number of nitrogens with two attached hydrogens (primary N) is 1. The number of hydrogen-bond donors (Lipinski definition) is 2. The fourth-order valence-electron chi connectivity index (χ4n) is 2.14. The molecule has 0 aromatic carbocycles. The van der Waals surface area contributed by atoms with Crippen molar-refractivity contribution < 1.29 is 4.74 Å². The molecule has 1 rings (SSSR count). The Balaban J connectivity index is 2.19. The first-order valence-corrected chi connectivity index (χ1v) is 5.94. The van der Waals surface area contributed by atoms with E-state index in [2.05, 4.69) is 17.5 Å². The van der Waals surface area contributed by atoms with Crippen molar-refractivity contribution in [1.29, 1.82) is 0 Å². The van der Waals surface area contributed by atoms with E-state index in [9.17, 15) is 0 Å². The highest BCUT2D eigenvalue weighted by atomic mass is 16.5. The number of allylic oxidation sites excluding steroid dienone is 1. The second-order valence-corrected chi connectivity index (χ2v) is 4.25. The van der Waals surface area contributed by atoms with Crippen LogP contribution < -0.4 is 11.1 Å². The lowest BCUT2D eigenvalue weighted by Crippen LogP contribution is -2.62. The van der Waals surface area contributed by atoms with E-state index < -0.39 is 0 Å². The van der Waals surface area contributed by atoms with E-state index in [-0.39, 0.29) is 5.54 Å². The Hall–Kier alpha value is -0.380. The molecule has 3 N–H and O–H groups in total. The smallest absolute Gasteiger partial charge is 0.0611 e. The van der Waals surface area contributed by atoms with Gasteiger partial charge in [-0.15, -0.1) is 0 Å². The molecule has 0 radical (unpaired) electrons. The third-order valence-corrected chi connectivity index (χ3v) is 3.08. The van der Waals surface area contributed by atoms with Gasteiger partial charge in [-0.2, -0.15) is 0 Å². The molecular formula is C12H24N2O. The van der Waals surface area contributed by atoms with Crippen LogP contribution >= 0.6 is 0 Å². The molecule has 1 fully saturated rings. The molecule has 3 nitrogen and oxygen atoms in total. The summed E-state index contributed by atoms with van der Waals surface area (Å²) in [4.78, 5) is 0. The summed E-state index contributed by atoms with van der Waals surface area (Å²) in [6, 6.07) is 0. The highest BCUT2D eigenvalue weighted by Crippen LogP contribution is 2.33. The van der Waals surface area contributed by atoms with Gasteiger partial charge in [0.15, 0.2) is 0 Å². The molecule has 1 aliphatic rings. The monoisotopic (exact) mass is 212 g/mol. The van der Waals surface area contributed by atoms with Crippen molar-refractivity contribution in [2.75, 3.05) is 19.7 Å². The van der Waals surface area contributed by atoms with Crippen LogP contribution in [0.15, 0.2) is 12.2 Å². The highest BCUT2D eigenvalue weighted by Gasteiger charge is 2.42. The molecule has 0 atom stereocenters. The zero-order valence-corrected chi connectivity index (χ0v) is 9.96. The van der Waals surface area contributed by atoms with Gasteiger partial charge in [0.2, 0.25) is 0 Å². The van der Waals surface area contributed by atoms with Gasteiger partial charge in [-0.3, -0.25) is 0 Å². The van der Waals surface area contributed by atoms with Crippen LogP contribution in [-0.4, -0.2) is 31.3 Å². The molecule has 0 heterocycles. The van der Waals surface area contributed by atoms with Crippen molar-refractivity contribution in [3.8, 4) is 0 Å². The second-order valence-electron chi connectivity index (χ2n) is 4.25. The normalized spacial score (nSPS) is 30.7. The standard InChI is InChI=1S/C12H24N2O/c1-3-5-6-7-14-12(10-13)8-11(9-12)15-4-2/h3,5,11,14H,4,6-10,13H2,1-2H3/b5-3+. The molecule has 0 aromatic heterocycles. The Labute approximate surface area is 93.1 Å². The molecule has 0 bridgehead atoms. The van der Waals surface area contributed by atoms with Gasteiger partial charge in [-0.1, -0.05) is 12.2 Å². The van der Waals surface area contributed by atoms with Crippen LogP contribution in [0.3, 0.4) is 0 Å². The van der Waals surface area contributed by atoms with Crippen molar-refractivity contribution >= 4 is 0 Å². The lowest BCUT2D eigenvalue weighted by molar-refractivity contribution is -0.0472. The van der Waals surface area contributed by atoms with Gasteiger partial charge in [-0.05, 0) is 39.7 Å². The summed E-state index contributed by atoms with van der Waals surface area (Å²) < 4.78 is 5.55. The van der Waals surface area contributed by atoms with Crippen molar-refractivity contribution in [3.63, 3.8) is 0 Å². The van der Waals surface area contributed by atoms with Crippen LogP contribution in [0.2, 0.25) is 0 Å². The summed E-state index contributed by atoms with van der Waals surface area (Å²) in [5.74, 6) is 0. The van der Waals surface area contributed by atoms with E-state index in [1.165, 1.54) is 0 Å². The zero-order chi connectivity index (χ0) is 11.1. The van der Waals surface area contributed by atoms with Crippen LogP contribution in [0, 0.1) is 0 Å². The van der Waals surface area contributed by atoms with Gasteiger partial charge in [0, 0.05) is 18.7 Å². The van der Waals surface area contributed by atoms with Crippen LogP contribution in [0.25, 0.3) is 0 Å². The average molecular weight is 212 g/mol. The molecule has 1 saturated carbocycles. The summed E-state index contributed by atoms with van der Waals surface area (Å²) in [5.41, 5.74) is 5.96. The molecule has 3 heteroatoms. The molecule has 1 aliphatic carbocycles. The van der Waals surface area contributed by atoms with Crippen molar-refractivity contribution in [2.24, 2.45) is 5.73 Å². The predicted octanol–water partition coefficient (Wildman–Crippen LogP) is 1.44. The van der Waals surface area contributed by atoms with E-state index in [1.807, 2.05) is 13.8 Å². The van der Waals surface area contributed by atoms with Gasteiger partial charge in [0.05, 0.1) is 6.10 Å². The maximum atomic E-state index is 5.81. The Morgan fingerprint density at radius 3 is 2.80 bits per heavy atom. The molecule has 0 saturated heterocycles. The van der Waals surface area contributed by atoms with E-state index in [4.69, 9.17) is 10.5 Å². The quantitative estimate of drug-likeness (QED) is 0.496. The van der Waals surface area contributed by atoms with Crippen molar-refractivity contribution in [3.05, 3.63) is 12.2 Å². The Morgan fingerprint density at radius 2 is 2.27 bits per heavy atom. The predicted molar refractivity (Wildman–Crippen MR) is 63.9 cm³/mol. The van der Waals surface area contributed by atoms with Gasteiger partial charge in [-0.25, -0.2) is 0 Å². The van der Waals surface area contributed by atoms with Gasteiger partial charge in [0.1, 0.15) is 0 Å². The van der Waals surface area contributed by atoms with Crippen LogP contribution in [-0.2, 0) is 4.74 Å². The number of ether oxygens (including phenoxy) is 1. The molecule has 0 aromatic rings. The van der Waals surface area contributed by atoms with Crippen LogP contribution in [0.5, 0.6) is 0 Å². The minimum absolute atomic E-state index is 0.154. The minimum atomic E-state index is 0.154. The van der Waals surface area contributed by atoms with E-state index in [0.717, 1.165) is 32.4 Å². The number of nitrogens with one attached hydrogen (secondary N) is 1. The Morgan fingerprint density at radius 1 is 1.53 bits per heavy atom. The maximum Gasteiger partial charge on any atom is 0.0611 e. The fraction of sp³-hybridized carbons (Fsp3) is 0.833. The Bertz CT molecular complexity index is 198. The van der Waals surface area contributed by atoms with Gasteiger partial charge in [0.25, 0.3) is 0 Å². The first kappa shape index (κ1) is 12.7. The summed E-state index contributed by atoms with van der Waals surface area (Å²) in [6.07, 6.45) is 7.89. The molecule has 0 unspecified atom stereocenters. The van der Waals surface area contributed by atoms with Crippen LogP contribution in [0.1, 0.15) is 33.1 Å². The van der Waals surface area contributed by atoms with Crippen molar-refractivity contribution in [2.45, 2.75) is 44.8 Å². The molecule has 0 amide bonds. The van der Waals surface area contributed by atoms with E-state index in [1.54, 1.807) is 0 Å². The second kappa shape index (κ2) is 6.26. The lowest BCUT2D eigenvalue weighted by Gasteiger charge is -2.47. The third-order valence-electron chi connectivity index (χ3n) is 3.08.